The van der Waals surface area contributed by atoms with E-state index in [0.29, 0.717) is 0 Å². The predicted octanol–water partition coefficient (Wildman–Crippen LogP) is 3.20. The summed E-state index contributed by atoms with van der Waals surface area (Å²) in [6.07, 6.45) is 5.04. The number of nitrogens with one attached hydrogen (secondary N) is 1. The molecule has 3 nitrogen and oxygen atoms in total. The van der Waals surface area contributed by atoms with Crippen LogP contribution in [-0.4, -0.2) is 16.3 Å². The van der Waals surface area contributed by atoms with Crippen molar-refractivity contribution < 1.29 is 0 Å². The topological polar surface area (TPSA) is 29.9 Å². The van der Waals surface area contributed by atoms with Gasteiger partial charge in [-0.2, -0.15) is 5.10 Å². The Bertz CT molecular complexity index is 659. The molecule has 1 heterocycles. The Hall–Kier alpha value is -2.39. The first-order valence-electron chi connectivity index (χ1n) is 7.25. The molecule has 0 spiro atoms. The molecule has 0 radical (unpaired) electrons. The molecule has 106 valence electrons. The van der Waals surface area contributed by atoms with Crippen LogP contribution in [0.15, 0.2) is 73.1 Å². The van der Waals surface area contributed by atoms with Crippen molar-refractivity contribution in [3.63, 3.8) is 0 Å². The molecule has 2 aromatic carbocycles. The zero-order valence-corrected chi connectivity index (χ0v) is 11.9. The molecule has 0 aliphatic carbocycles. The monoisotopic (exact) mass is 277 g/mol. The molecule has 0 aliphatic heterocycles. The maximum atomic E-state index is 4.40. The molecule has 3 rings (SSSR count). The van der Waals surface area contributed by atoms with Crippen LogP contribution in [0.3, 0.4) is 0 Å². The summed E-state index contributed by atoms with van der Waals surface area (Å²) in [4.78, 5) is 0. The highest BCUT2D eigenvalue weighted by Gasteiger charge is 2.00. The van der Waals surface area contributed by atoms with E-state index >= 15 is 0 Å². The van der Waals surface area contributed by atoms with Gasteiger partial charge in [-0.3, -0.25) is 0 Å². The van der Waals surface area contributed by atoms with Gasteiger partial charge < -0.3 is 5.32 Å². The van der Waals surface area contributed by atoms with E-state index in [4.69, 9.17) is 0 Å². The molecule has 1 aromatic heterocycles. The Balaban J connectivity index is 1.49. The van der Waals surface area contributed by atoms with Gasteiger partial charge in [0.25, 0.3) is 0 Å². The zero-order valence-electron chi connectivity index (χ0n) is 11.9. The van der Waals surface area contributed by atoms with Gasteiger partial charge in [0, 0.05) is 18.3 Å². The summed E-state index contributed by atoms with van der Waals surface area (Å²) in [6.45, 7) is 1.82. The van der Waals surface area contributed by atoms with Crippen molar-refractivity contribution in [2.24, 2.45) is 0 Å². The Labute approximate surface area is 125 Å². The summed E-state index contributed by atoms with van der Waals surface area (Å²) < 4.78 is 1.91. The molecular formula is C18H19N3. The quantitative estimate of drug-likeness (QED) is 0.701. The molecule has 0 saturated heterocycles. The van der Waals surface area contributed by atoms with Crippen LogP contribution in [0.4, 0.5) is 0 Å². The Morgan fingerprint density at radius 3 is 2.33 bits per heavy atom. The van der Waals surface area contributed by atoms with Crippen LogP contribution in [0.25, 0.3) is 5.69 Å². The molecule has 0 fully saturated rings. The second-order valence-corrected chi connectivity index (χ2v) is 5.04. The first kappa shape index (κ1) is 13.6. The van der Waals surface area contributed by atoms with Crippen LogP contribution in [0.2, 0.25) is 0 Å². The SMILES string of the molecule is c1ccc(CCNCc2cnn(-c3ccccc3)c2)cc1. The molecular weight excluding hydrogens is 258 g/mol. The first-order valence-corrected chi connectivity index (χ1v) is 7.25. The maximum Gasteiger partial charge on any atom is 0.0645 e. The third-order valence-electron chi connectivity index (χ3n) is 3.42. The van der Waals surface area contributed by atoms with Crippen LogP contribution < -0.4 is 5.32 Å². The largest absolute Gasteiger partial charge is 0.312 e. The fourth-order valence-electron chi connectivity index (χ4n) is 2.28. The number of nitrogens with zero attached hydrogens (tertiary/aromatic N) is 2. The van der Waals surface area contributed by atoms with E-state index in [-0.39, 0.29) is 0 Å². The molecule has 1 N–H and O–H groups in total. The maximum absolute atomic E-state index is 4.40. The van der Waals surface area contributed by atoms with Crippen molar-refractivity contribution >= 4 is 0 Å². The van der Waals surface area contributed by atoms with Crippen molar-refractivity contribution in [1.82, 2.24) is 15.1 Å². The summed E-state index contributed by atoms with van der Waals surface area (Å²) in [5.74, 6) is 0. The summed E-state index contributed by atoms with van der Waals surface area (Å²) in [5.41, 5.74) is 3.66. The lowest BCUT2D eigenvalue weighted by atomic mass is 10.1. The highest BCUT2D eigenvalue weighted by molar-refractivity contribution is 5.30. The molecule has 0 aliphatic rings. The van der Waals surface area contributed by atoms with Gasteiger partial charge in [0.1, 0.15) is 0 Å². The fourth-order valence-corrected chi connectivity index (χ4v) is 2.28. The summed E-state index contributed by atoms with van der Waals surface area (Å²) in [7, 11) is 0. The smallest absolute Gasteiger partial charge is 0.0645 e. The average Bonchev–Trinajstić information content (AvgIpc) is 3.02. The van der Waals surface area contributed by atoms with Crippen LogP contribution in [0, 0.1) is 0 Å². The van der Waals surface area contributed by atoms with Gasteiger partial charge in [-0.15, -0.1) is 0 Å². The predicted molar refractivity (Wildman–Crippen MR) is 85.4 cm³/mol. The standard InChI is InChI=1S/C18H19N3/c1-3-7-16(8-4-1)11-12-19-13-17-14-20-21(15-17)18-9-5-2-6-10-18/h1-10,14-15,19H,11-13H2. The molecule has 0 bridgehead atoms. The Kier molecular flexibility index (Phi) is 4.44. The third kappa shape index (κ3) is 3.80. The van der Waals surface area contributed by atoms with Gasteiger partial charge in [-0.25, -0.2) is 4.68 Å². The molecule has 3 aromatic rings. The summed E-state index contributed by atoms with van der Waals surface area (Å²) >= 11 is 0. The summed E-state index contributed by atoms with van der Waals surface area (Å²) in [6, 6.07) is 20.7. The lowest BCUT2D eigenvalue weighted by molar-refractivity contribution is 0.687. The minimum absolute atomic E-state index is 0.847. The van der Waals surface area contributed by atoms with Crippen LogP contribution in [0.5, 0.6) is 0 Å². The number of para-hydroxylation sites is 1. The zero-order chi connectivity index (χ0) is 14.3. The van der Waals surface area contributed by atoms with Crippen molar-refractivity contribution in [3.8, 4) is 5.69 Å². The Morgan fingerprint density at radius 1 is 0.857 bits per heavy atom. The number of aromatic nitrogens is 2. The molecule has 21 heavy (non-hydrogen) atoms. The summed E-state index contributed by atoms with van der Waals surface area (Å²) in [5, 5.41) is 7.86. The van der Waals surface area contributed by atoms with Gasteiger partial charge in [0.2, 0.25) is 0 Å². The molecule has 0 unspecified atom stereocenters. The van der Waals surface area contributed by atoms with E-state index in [2.05, 4.69) is 59.1 Å². The van der Waals surface area contributed by atoms with E-state index in [9.17, 15) is 0 Å². The van der Waals surface area contributed by atoms with Gasteiger partial charge >= 0.3 is 0 Å². The van der Waals surface area contributed by atoms with Crippen molar-refractivity contribution in [1.29, 1.82) is 0 Å². The van der Waals surface area contributed by atoms with E-state index in [1.807, 2.05) is 29.1 Å². The molecule has 0 atom stereocenters. The van der Waals surface area contributed by atoms with Crippen LogP contribution in [0.1, 0.15) is 11.1 Å². The Morgan fingerprint density at radius 2 is 1.57 bits per heavy atom. The van der Waals surface area contributed by atoms with Crippen LogP contribution >= 0.6 is 0 Å². The molecule has 0 amide bonds. The van der Waals surface area contributed by atoms with E-state index in [1.165, 1.54) is 11.1 Å². The van der Waals surface area contributed by atoms with Gasteiger partial charge in [-0.05, 0) is 30.7 Å². The van der Waals surface area contributed by atoms with E-state index < -0.39 is 0 Å². The lowest BCUT2D eigenvalue weighted by Crippen LogP contribution is -2.16. The number of hydrogen-bond donors (Lipinski definition) is 1. The van der Waals surface area contributed by atoms with E-state index in [1.54, 1.807) is 0 Å². The van der Waals surface area contributed by atoms with Gasteiger partial charge in [-0.1, -0.05) is 48.5 Å². The van der Waals surface area contributed by atoms with E-state index in [0.717, 1.165) is 25.2 Å². The average molecular weight is 277 g/mol. The molecule has 3 heteroatoms. The van der Waals surface area contributed by atoms with Gasteiger partial charge in [0.15, 0.2) is 0 Å². The number of rotatable bonds is 6. The fraction of sp³-hybridized carbons (Fsp3) is 0.167. The first-order chi connectivity index (χ1) is 10.4. The second kappa shape index (κ2) is 6.86. The van der Waals surface area contributed by atoms with Gasteiger partial charge in [0.05, 0.1) is 11.9 Å². The highest BCUT2D eigenvalue weighted by atomic mass is 15.3. The number of benzene rings is 2. The third-order valence-corrected chi connectivity index (χ3v) is 3.42. The second-order valence-electron chi connectivity index (χ2n) is 5.04. The minimum atomic E-state index is 0.847. The molecule has 0 saturated carbocycles. The van der Waals surface area contributed by atoms with Crippen molar-refractivity contribution in [2.45, 2.75) is 13.0 Å². The highest BCUT2D eigenvalue weighted by Crippen LogP contribution is 2.07. The van der Waals surface area contributed by atoms with Crippen molar-refractivity contribution in [2.75, 3.05) is 6.54 Å². The lowest BCUT2D eigenvalue weighted by Gasteiger charge is -2.03. The van der Waals surface area contributed by atoms with Crippen LogP contribution in [-0.2, 0) is 13.0 Å². The number of hydrogen-bond acceptors (Lipinski definition) is 2. The normalized spacial score (nSPS) is 10.7. The van der Waals surface area contributed by atoms with Crippen molar-refractivity contribution in [3.05, 3.63) is 84.2 Å². The minimum Gasteiger partial charge on any atom is -0.312 e.